The molecular weight excluding hydrogens is 796 g/mol. The second-order valence-electron chi connectivity index (χ2n) is 15.2. The first kappa shape index (κ1) is 44.9. The van der Waals surface area contributed by atoms with E-state index >= 15 is 0 Å². The maximum atomic E-state index is 13.5. The van der Waals surface area contributed by atoms with Crippen LogP contribution in [-0.4, -0.2) is 124 Å². The van der Waals surface area contributed by atoms with Crippen LogP contribution in [0, 0.1) is 0 Å². The number of nitrogens with zero attached hydrogens (tertiary/aromatic N) is 8. The first-order valence-corrected chi connectivity index (χ1v) is 19.3. The second-order valence-corrected chi connectivity index (χ2v) is 15.2. The van der Waals surface area contributed by atoms with E-state index in [0.29, 0.717) is 0 Å². The van der Waals surface area contributed by atoms with Gasteiger partial charge in [0.05, 0.1) is 37.6 Å². The lowest BCUT2D eigenvalue weighted by molar-refractivity contribution is -0.132. The lowest BCUT2D eigenvalue weighted by Crippen LogP contribution is -2.52. The summed E-state index contributed by atoms with van der Waals surface area (Å²) in [7, 11) is 0. The van der Waals surface area contributed by atoms with Crippen LogP contribution in [-0.2, 0) is 48.2 Å². The highest BCUT2D eigenvalue weighted by Gasteiger charge is 2.46. The van der Waals surface area contributed by atoms with Gasteiger partial charge in [0.2, 0.25) is 0 Å². The average Bonchev–Trinajstić information content (AvgIpc) is 4.00. The molecule has 2 N–H and O–H groups in total. The number of rotatable bonds is 12. The Morgan fingerprint density at radius 3 is 1.64 bits per heavy atom. The van der Waals surface area contributed by atoms with Gasteiger partial charge in [-0.15, -0.1) is 10.2 Å². The maximum Gasteiger partial charge on any atom is 0.417 e. The van der Waals surface area contributed by atoms with Gasteiger partial charge in [-0.2, -0.15) is 0 Å². The Morgan fingerprint density at radius 1 is 0.705 bits per heavy atom. The number of hydrogen-bond donors (Lipinski definition) is 2. The van der Waals surface area contributed by atoms with Gasteiger partial charge in [-0.05, 0) is 54.0 Å². The fraction of sp³-hybridized carbons (Fsp3) is 0.425. The van der Waals surface area contributed by atoms with Gasteiger partial charge in [0.1, 0.15) is 36.5 Å². The van der Waals surface area contributed by atoms with Crippen molar-refractivity contribution in [3.05, 3.63) is 96.1 Å². The highest BCUT2D eigenvalue weighted by atomic mass is 16.6. The zero-order chi connectivity index (χ0) is 44.4. The molecule has 0 radical (unpaired) electrons. The van der Waals surface area contributed by atoms with E-state index in [2.05, 4.69) is 31.3 Å². The summed E-state index contributed by atoms with van der Waals surface area (Å²) in [6.45, 7) is 10.7. The summed E-state index contributed by atoms with van der Waals surface area (Å²) >= 11 is 0. The van der Waals surface area contributed by atoms with Crippen LogP contribution in [0.1, 0.15) is 75.0 Å². The number of esters is 1. The van der Waals surface area contributed by atoms with Gasteiger partial charge in [-0.3, -0.25) is 14.4 Å². The number of carbonyl (C=O) groups excluding carboxylic acids is 7. The van der Waals surface area contributed by atoms with Gasteiger partial charge in [0.25, 0.3) is 17.7 Å². The van der Waals surface area contributed by atoms with Crippen molar-refractivity contribution in [2.45, 2.75) is 110 Å². The predicted octanol–water partition coefficient (Wildman–Crippen LogP) is 3.12. The Morgan fingerprint density at radius 2 is 1.15 bits per heavy atom. The standard InChI is InChI=1S/C34H42N10O11.C6H6/c1-18(28(46)43-26(21(4)53-32(43)50)16-42-14-24(38-40-42)30(48)52-17-22-11-9-8-10-12-22)35-27(45)23-13-41(39-37-23)15-25-20(3)54-33(51)44(25)29(47)19(2)36-31(49)55-34(5,6)7;1-2-4-6-5-3-1/h8-14,18-21,25-26H,15-17H2,1-7H3,(H,35,45)(H,36,49);1-6H/t18-,19-,20-,21-,25-,26-;/m0./s1. The van der Waals surface area contributed by atoms with E-state index in [1.807, 2.05) is 54.6 Å². The molecule has 2 aliphatic rings. The van der Waals surface area contributed by atoms with Crippen molar-refractivity contribution in [3.8, 4) is 0 Å². The van der Waals surface area contributed by atoms with Gasteiger partial charge in [0.15, 0.2) is 11.4 Å². The molecule has 0 saturated carbocycles. The van der Waals surface area contributed by atoms with Crippen molar-refractivity contribution < 1.29 is 52.5 Å². The predicted molar refractivity (Wildman–Crippen MR) is 211 cm³/mol. The molecule has 6 amide bonds. The summed E-state index contributed by atoms with van der Waals surface area (Å²) in [4.78, 5) is 91.8. The summed E-state index contributed by atoms with van der Waals surface area (Å²) in [5, 5.41) is 20.5. The van der Waals surface area contributed by atoms with Crippen molar-refractivity contribution in [2.24, 2.45) is 0 Å². The van der Waals surface area contributed by atoms with Crippen LogP contribution in [0.15, 0.2) is 79.1 Å². The van der Waals surface area contributed by atoms with Crippen LogP contribution in [0.4, 0.5) is 14.4 Å². The van der Waals surface area contributed by atoms with Crippen molar-refractivity contribution in [1.82, 2.24) is 50.4 Å². The third kappa shape index (κ3) is 12.0. The van der Waals surface area contributed by atoms with E-state index in [9.17, 15) is 33.6 Å². The second kappa shape index (κ2) is 19.7. The molecule has 6 rings (SSSR count). The molecule has 21 nitrogen and oxygen atoms in total. The fourth-order valence-corrected chi connectivity index (χ4v) is 6.08. The van der Waals surface area contributed by atoms with Crippen LogP contribution in [0.2, 0.25) is 0 Å². The smallest absolute Gasteiger partial charge is 0.417 e. The molecule has 6 atom stereocenters. The summed E-state index contributed by atoms with van der Waals surface area (Å²) in [5.74, 6) is -3.07. The molecule has 2 aliphatic heterocycles. The molecule has 2 aromatic heterocycles. The summed E-state index contributed by atoms with van der Waals surface area (Å²) in [6, 6.07) is 16.9. The van der Waals surface area contributed by atoms with Crippen LogP contribution in [0.25, 0.3) is 0 Å². The van der Waals surface area contributed by atoms with Crippen molar-refractivity contribution in [2.75, 3.05) is 0 Å². The third-order valence-electron chi connectivity index (χ3n) is 9.16. The molecule has 0 unspecified atom stereocenters. The molecule has 0 spiro atoms. The lowest BCUT2D eigenvalue weighted by Gasteiger charge is -2.26. The van der Waals surface area contributed by atoms with Crippen molar-refractivity contribution >= 4 is 42.0 Å². The van der Waals surface area contributed by atoms with Crippen LogP contribution >= 0.6 is 0 Å². The van der Waals surface area contributed by atoms with Crippen LogP contribution < -0.4 is 10.6 Å². The molecule has 2 fully saturated rings. The first-order valence-electron chi connectivity index (χ1n) is 19.3. The number of imide groups is 2. The van der Waals surface area contributed by atoms with Gasteiger partial charge >= 0.3 is 24.2 Å². The van der Waals surface area contributed by atoms with Crippen molar-refractivity contribution in [3.63, 3.8) is 0 Å². The first-order chi connectivity index (χ1) is 28.9. The Bertz CT molecular complexity index is 2160. The normalized spacial score (nSPS) is 19.4. The van der Waals surface area contributed by atoms with Crippen molar-refractivity contribution in [1.29, 1.82) is 0 Å². The number of amides is 6. The largest absolute Gasteiger partial charge is 0.456 e. The number of hydrogen-bond acceptors (Lipinski definition) is 15. The number of carbonyl (C=O) groups is 7. The Balaban J connectivity index is 0.00000108. The van der Waals surface area contributed by atoms with E-state index in [1.54, 1.807) is 46.8 Å². The third-order valence-corrected chi connectivity index (χ3v) is 9.16. The van der Waals surface area contributed by atoms with Crippen LogP contribution in [0.5, 0.6) is 0 Å². The van der Waals surface area contributed by atoms with Gasteiger partial charge < -0.3 is 29.6 Å². The molecule has 0 bridgehead atoms. The highest BCUT2D eigenvalue weighted by Crippen LogP contribution is 2.24. The lowest BCUT2D eigenvalue weighted by atomic mass is 10.1. The molecule has 61 heavy (non-hydrogen) atoms. The van der Waals surface area contributed by atoms with Crippen LogP contribution in [0.3, 0.4) is 0 Å². The maximum absolute atomic E-state index is 13.5. The van der Waals surface area contributed by atoms with E-state index in [0.717, 1.165) is 15.4 Å². The molecule has 2 aromatic carbocycles. The number of nitrogens with one attached hydrogen (secondary N) is 2. The molecular formula is C40H48N10O11. The number of aromatic nitrogens is 6. The molecule has 4 aromatic rings. The SMILES string of the molecule is C[C@H](NC(=O)OC(C)(C)C)C(=O)N1C(=O)O[C@@H](C)[C@@H]1Cn1cc(C(=O)N[C@@H](C)C(=O)N2C(=O)O[C@@H](C)[C@@H]2Cn2cc(C(=O)OCc3ccccc3)nn2)nn1.c1ccccc1. The topological polar surface area (TPSA) is 248 Å². The molecule has 324 valence electrons. The van der Waals surface area contributed by atoms with Gasteiger partial charge in [-0.1, -0.05) is 77.2 Å². The Hall–Kier alpha value is -7.19. The van der Waals surface area contributed by atoms with E-state index < -0.39 is 83.9 Å². The quantitative estimate of drug-likeness (QED) is 0.154. The Labute approximate surface area is 350 Å². The molecule has 21 heteroatoms. The van der Waals surface area contributed by atoms with E-state index in [4.69, 9.17) is 18.9 Å². The zero-order valence-electron chi connectivity index (χ0n) is 34.7. The molecule has 0 aliphatic carbocycles. The van der Waals surface area contributed by atoms with Gasteiger partial charge in [-0.25, -0.2) is 38.3 Å². The number of alkyl carbamates (subject to hydrolysis) is 1. The monoisotopic (exact) mass is 844 g/mol. The molecule has 4 heterocycles. The minimum absolute atomic E-state index is 0.0298. The highest BCUT2D eigenvalue weighted by molar-refractivity contribution is 6.00. The summed E-state index contributed by atoms with van der Waals surface area (Å²) in [5.41, 5.74) is -0.316. The minimum Gasteiger partial charge on any atom is -0.456 e. The zero-order valence-corrected chi connectivity index (χ0v) is 34.7. The molecule has 2 saturated heterocycles. The minimum atomic E-state index is -1.25. The Kier molecular flexibility index (Phi) is 14.5. The van der Waals surface area contributed by atoms with Gasteiger partial charge in [0, 0.05) is 0 Å². The number of cyclic esters (lactones) is 2. The number of ether oxygens (including phenoxy) is 4. The summed E-state index contributed by atoms with van der Waals surface area (Å²) in [6.07, 6.45) is -1.69. The van der Waals surface area contributed by atoms with E-state index in [-0.39, 0.29) is 31.1 Å². The van der Waals surface area contributed by atoms with E-state index in [1.165, 1.54) is 35.6 Å². The fourth-order valence-electron chi connectivity index (χ4n) is 6.08. The average molecular weight is 845 g/mol. The number of benzene rings is 2. The summed E-state index contributed by atoms with van der Waals surface area (Å²) < 4.78 is 23.6.